The van der Waals surface area contributed by atoms with Crippen LogP contribution in [0.3, 0.4) is 0 Å². The highest BCUT2D eigenvalue weighted by molar-refractivity contribution is 7.80. The Morgan fingerprint density at radius 1 is 1.12 bits per heavy atom. The molecule has 0 aliphatic rings. The molecule has 0 N–H and O–H groups in total. The Morgan fingerprint density at radius 2 is 1.88 bits per heavy atom. The van der Waals surface area contributed by atoms with Crippen molar-refractivity contribution in [3.8, 4) is 5.69 Å². The maximum absolute atomic E-state index is 11.0. The number of nitro groups is 1. The number of non-ortho nitro benzene ring substituents is 1. The number of para-hydroxylation sites is 1. The molecule has 3 rings (SSSR count). The lowest BCUT2D eigenvalue weighted by atomic mass is 10.2. The third kappa shape index (κ3) is 3.49. The molecule has 126 valence electrons. The molecule has 0 fully saturated rings. The number of nitrogens with zero attached hydrogens (tertiary/aromatic N) is 3. The van der Waals surface area contributed by atoms with Crippen LogP contribution in [0, 0.1) is 24.0 Å². The van der Waals surface area contributed by atoms with Gasteiger partial charge in [0.05, 0.1) is 16.3 Å². The van der Waals surface area contributed by atoms with Gasteiger partial charge in [0.25, 0.3) is 5.69 Å². The topological polar surface area (TPSA) is 60.4 Å². The summed E-state index contributed by atoms with van der Waals surface area (Å²) < 4.78 is 1.99. The Hall–Kier alpha value is -2.86. The third-order valence-corrected chi connectivity index (χ3v) is 4.37. The number of aryl methyl sites for hydroxylation is 1. The minimum absolute atomic E-state index is 0.0734. The summed E-state index contributed by atoms with van der Waals surface area (Å²) in [6.45, 7) is 3.94. The van der Waals surface area contributed by atoms with E-state index in [1.807, 2.05) is 54.8 Å². The molecule has 0 atom stereocenters. The summed E-state index contributed by atoms with van der Waals surface area (Å²) in [5.41, 5.74) is 4.55. The summed E-state index contributed by atoms with van der Waals surface area (Å²) in [5, 5.41) is 11.0. The third-order valence-electron chi connectivity index (χ3n) is 3.99. The van der Waals surface area contributed by atoms with Crippen LogP contribution in [0.1, 0.15) is 17.0 Å². The van der Waals surface area contributed by atoms with Crippen LogP contribution in [-0.4, -0.2) is 15.7 Å². The van der Waals surface area contributed by atoms with E-state index in [0.29, 0.717) is 0 Å². The number of aliphatic imine (C=N–C) groups is 1. The molecule has 3 aromatic rings. The minimum Gasteiger partial charge on any atom is -0.318 e. The average molecular weight is 351 g/mol. The largest absolute Gasteiger partial charge is 0.318 e. The molecule has 0 saturated carbocycles. The fraction of sp³-hybridized carbons (Fsp3) is 0.105. The zero-order valence-electron chi connectivity index (χ0n) is 13.9. The molecule has 0 unspecified atom stereocenters. The molecule has 0 radical (unpaired) electrons. The molecule has 1 heterocycles. The van der Waals surface area contributed by atoms with Crippen molar-refractivity contribution in [2.24, 2.45) is 4.99 Å². The van der Waals surface area contributed by atoms with E-state index >= 15 is 0 Å². The molecule has 1 aromatic heterocycles. The Labute approximate surface area is 151 Å². The van der Waals surface area contributed by atoms with Gasteiger partial charge in [0.2, 0.25) is 0 Å². The van der Waals surface area contributed by atoms with Gasteiger partial charge in [0, 0.05) is 40.2 Å². The first-order chi connectivity index (χ1) is 12.0. The van der Waals surface area contributed by atoms with E-state index in [1.165, 1.54) is 6.07 Å². The van der Waals surface area contributed by atoms with E-state index in [2.05, 4.69) is 17.6 Å². The summed E-state index contributed by atoms with van der Waals surface area (Å²) in [7, 11) is 0. The summed E-state index contributed by atoms with van der Waals surface area (Å²) in [6, 6.07) is 16.2. The van der Waals surface area contributed by atoms with Crippen LogP contribution in [0.5, 0.6) is 0 Å². The number of rotatable bonds is 4. The predicted octanol–water partition coefficient (Wildman–Crippen LogP) is 5.04. The lowest BCUT2D eigenvalue weighted by Gasteiger charge is -2.09. The maximum atomic E-state index is 11.0. The van der Waals surface area contributed by atoms with Crippen LogP contribution in [0.4, 0.5) is 11.4 Å². The van der Waals surface area contributed by atoms with E-state index < -0.39 is 0 Å². The number of hydrogen-bond donors (Lipinski definition) is 1. The Balaban J connectivity index is 2.01. The van der Waals surface area contributed by atoms with Crippen LogP contribution in [0.2, 0.25) is 0 Å². The highest BCUT2D eigenvalue weighted by Crippen LogP contribution is 2.25. The van der Waals surface area contributed by atoms with Crippen molar-refractivity contribution >= 4 is 30.2 Å². The molecule has 0 aliphatic heterocycles. The molecule has 6 heteroatoms. The monoisotopic (exact) mass is 351 g/mol. The Morgan fingerprint density at radius 3 is 2.60 bits per heavy atom. The van der Waals surface area contributed by atoms with Crippen molar-refractivity contribution in [2.45, 2.75) is 18.7 Å². The van der Waals surface area contributed by atoms with Crippen LogP contribution < -0.4 is 0 Å². The first-order valence-corrected chi connectivity index (χ1v) is 8.18. The average Bonchev–Trinajstić information content (AvgIpc) is 2.88. The lowest BCUT2D eigenvalue weighted by molar-refractivity contribution is -0.384. The fourth-order valence-corrected chi connectivity index (χ4v) is 2.99. The highest BCUT2D eigenvalue weighted by atomic mass is 32.1. The molecule has 5 nitrogen and oxygen atoms in total. The van der Waals surface area contributed by atoms with Gasteiger partial charge in [0.1, 0.15) is 0 Å². The van der Waals surface area contributed by atoms with E-state index in [4.69, 9.17) is 0 Å². The van der Waals surface area contributed by atoms with Crippen molar-refractivity contribution < 1.29 is 4.92 Å². The van der Waals surface area contributed by atoms with Crippen molar-refractivity contribution in [1.29, 1.82) is 0 Å². The number of hydrogen-bond acceptors (Lipinski definition) is 4. The fourth-order valence-electron chi connectivity index (χ4n) is 2.77. The van der Waals surface area contributed by atoms with Crippen molar-refractivity contribution in [3.63, 3.8) is 0 Å². The second kappa shape index (κ2) is 6.94. The van der Waals surface area contributed by atoms with E-state index in [-0.39, 0.29) is 10.6 Å². The van der Waals surface area contributed by atoms with Gasteiger partial charge in [0.15, 0.2) is 0 Å². The van der Waals surface area contributed by atoms with Crippen molar-refractivity contribution in [3.05, 3.63) is 81.7 Å². The van der Waals surface area contributed by atoms with Gasteiger partial charge in [-0.15, -0.1) is 12.6 Å². The summed E-state index contributed by atoms with van der Waals surface area (Å²) >= 11 is 4.40. The van der Waals surface area contributed by atoms with Gasteiger partial charge in [-0.3, -0.25) is 15.1 Å². The van der Waals surface area contributed by atoms with E-state index in [9.17, 15) is 10.1 Å². The standard InChI is InChI=1S/C19H17N3O2S/c1-13-10-15(12-20-18-8-3-4-9-19(18)25)14(2)21(13)16-6-5-7-17(11-16)22(23)24/h3-12,25H,1-2H3. The molecule has 25 heavy (non-hydrogen) atoms. The predicted molar refractivity (Wildman–Crippen MR) is 103 cm³/mol. The number of thiol groups is 1. The molecule has 0 aliphatic carbocycles. The lowest BCUT2D eigenvalue weighted by Crippen LogP contribution is -2.00. The van der Waals surface area contributed by atoms with Gasteiger partial charge in [-0.1, -0.05) is 18.2 Å². The summed E-state index contributed by atoms with van der Waals surface area (Å²) in [6.07, 6.45) is 1.80. The SMILES string of the molecule is Cc1cc(C=Nc2ccccc2S)c(C)n1-c1cccc([N+](=O)[O-])c1. The second-order valence-electron chi connectivity index (χ2n) is 5.69. The van der Waals surface area contributed by atoms with Crippen molar-refractivity contribution in [2.75, 3.05) is 0 Å². The molecular formula is C19H17N3O2S. The van der Waals surface area contributed by atoms with Crippen LogP contribution in [-0.2, 0) is 0 Å². The second-order valence-corrected chi connectivity index (χ2v) is 6.17. The quantitative estimate of drug-likeness (QED) is 0.310. The normalized spacial score (nSPS) is 11.2. The van der Waals surface area contributed by atoms with Gasteiger partial charge in [-0.05, 0) is 38.1 Å². The number of nitro benzene ring substituents is 1. The molecular weight excluding hydrogens is 334 g/mol. The first kappa shape index (κ1) is 17.0. The van der Waals surface area contributed by atoms with Gasteiger partial charge in [-0.25, -0.2) is 0 Å². The zero-order chi connectivity index (χ0) is 18.0. The molecule has 0 bridgehead atoms. The van der Waals surface area contributed by atoms with Crippen LogP contribution >= 0.6 is 12.6 Å². The van der Waals surface area contributed by atoms with Crippen LogP contribution in [0.15, 0.2) is 64.5 Å². The van der Waals surface area contributed by atoms with Gasteiger partial charge >= 0.3 is 0 Å². The molecule has 0 amide bonds. The first-order valence-electron chi connectivity index (χ1n) is 7.73. The Bertz CT molecular complexity index is 977. The summed E-state index contributed by atoms with van der Waals surface area (Å²) in [5.74, 6) is 0. The smallest absolute Gasteiger partial charge is 0.271 e. The Kier molecular flexibility index (Phi) is 4.72. The zero-order valence-corrected chi connectivity index (χ0v) is 14.8. The van der Waals surface area contributed by atoms with Crippen LogP contribution in [0.25, 0.3) is 5.69 Å². The maximum Gasteiger partial charge on any atom is 0.271 e. The summed E-state index contributed by atoms with van der Waals surface area (Å²) in [4.78, 5) is 16.0. The molecule has 0 saturated heterocycles. The minimum atomic E-state index is -0.385. The number of benzene rings is 2. The van der Waals surface area contributed by atoms with E-state index in [0.717, 1.165) is 33.2 Å². The van der Waals surface area contributed by atoms with Gasteiger partial charge < -0.3 is 4.57 Å². The van der Waals surface area contributed by atoms with Gasteiger partial charge in [-0.2, -0.15) is 0 Å². The van der Waals surface area contributed by atoms with Crippen molar-refractivity contribution in [1.82, 2.24) is 4.57 Å². The number of aromatic nitrogens is 1. The highest BCUT2D eigenvalue weighted by Gasteiger charge is 2.12. The molecule has 0 spiro atoms. The van der Waals surface area contributed by atoms with E-state index in [1.54, 1.807) is 18.3 Å². The molecule has 2 aromatic carbocycles.